The minimum Gasteiger partial charge on any atom is -0.478 e. The number of hydrogen-bond acceptors (Lipinski definition) is 5. The van der Waals surface area contributed by atoms with Crippen LogP contribution in [0, 0.1) is 0 Å². The average molecular weight is 501 g/mol. The van der Waals surface area contributed by atoms with Crippen LogP contribution in [0.25, 0.3) is 16.2 Å². The maximum Gasteiger partial charge on any atom is 0.328 e. The van der Waals surface area contributed by atoms with Crippen molar-refractivity contribution in [3.63, 3.8) is 0 Å². The van der Waals surface area contributed by atoms with Gasteiger partial charge in [-0.1, -0.05) is 48.6 Å². The van der Waals surface area contributed by atoms with Crippen LogP contribution in [0.2, 0.25) is 0 Å². The molecule has 0 bridgehead atoms. The van der Waals surface area contributed by atoms with Gasteiger partial charge in [-0.05, 0) is 66.1 Å². The fraction of sp³-hybridized carbons (Fsp3) is 0.267. The highest BCUT2D eigenvalue weighted by Gasteiger charge is 2.19. The number of hydrogen-bond donors (Lipinski definition) is 1. The summed E-state index contributed by atoms with van der Waals surface area (Å²) in [6, 6.07) is 15.9. The summed E-state index contributed by atoms with van der Waals surface area (Å²) in [5.41, 5.74) is 6.85. The zero-order chi connectivity index (χ0) is 25.5. The summed E-state index contributed by atoms with van der Waals surface area (Å²) < 4.78 is 1.39. The molecule has 2 heterocycles. The van der Waals surface area contributed by atoms with Crippen molar-refractivity contribution < 1.29 is 14.7 Å². The summed E-state index contributed by atoms with van der Waals surface area (Å²) in [7, 11) is 0. The highest BCUT2D eigenvalue weighted by molar-refractivity contribution is 7.17. The molecule has 0 amide bonds. The van der Waals surface area contributed by atoms with E-state index in [-0.39, 0.29) is 5.78 Å². The number of ketones is 1. The van der Waals surface area contributed by atoms with Gasteiger partial charge in [0, 0.05) is 54.6 Å². The number of fused-ring (bicyclic) bond motifs is 2. The molecule has 0 radical (unpaired) electrons. The third-order valence-corrected chi connectivity index (χ3v) is 7.37. The molecule has 5 nitrogen and oxygen atoms in total. The second-order valence-electron chi connectivity index (χ2n) is 9.17. The van der Waals surface area contributed by atoms with Gasteiger partial charge in [0.25, 0.3) is 0 Å². The summed E-state index contributed by atoms with van der Waals surface area (Å²) in [6.45, 7) is 11.1. The molecule has 1 aliphatic heterocycles. The molecule has 1 aliphatic carbocycles. The van der Waals surface area contributed by atoms with Gasteiger partial charge in [-0.3, -0.25) is 9.69 Å². The molecular weight excluding hydrogens is 468 g/mol. The number of thiophene rings is 1. The normalized spacial score (nSPS) is 15.6. The molecule has 1 N–H and O–H groups in total. The maximum absolute atomic E-state index is 10.00. The van der Waals surface area contributed by atoms with Crippen molar-refractivity contribution in [1.29, 1.82) is 0 Å². The van der Waals surface area contributed by atoms with Crippen molar-refractivity contribution in [3.8, 4) is 0 Å². The number of carboxylic acids is 1. The lowest BCUT2D eigenvalue weighted by Gasteiger charge is -2.36. The highest BCUT2D eigenvalue weighted by Crippen LogP contribution is 2.31. The smallest absolute Gasteiger partial charge is 0.328 e. The molecule has 2 aliphatic rings. The molecule has 3 aromatic rings. The van der Waals surface area contributed by atoms with Gasteiger partial charge in [0.2, 0.25) is 0 Å². The number of carboxylic acid groups (broad SMARTS) is 1. The average Bonchev–Trinajstić information content (AvgIpc) is 3.36. The minimum absolute atomic E-state index is 0.257. The lowest BCUT2D eigenvalue weighted by atomic mass is 9.92. The Labute approximate surface area is 216 Å². The van der Waals surface area contributed by atoms with Gasteiger partial charge in [-0.25, -0.2) is 4.79 Å². The van der Waals surface area contributed by atoms with E-state index in [1.54, 1.807) is 0 Å². The lowest BCUT2D eigenvalue weighted by Crippen LogP contribution is -2.47. The van der Waals surface area contributed by atoms with Gasteiger partial charge < -0.3 is 10.0 Å². The van der Waals surface area contributed by atoms with E-state index in [0.717, 1.165) is 57.7 Å². The molecule has 6 heteroatoms. The van der Waals surface area contributed by atoms with E-state index >= 15 is 0 Å². The number of allylic oxidation sites excluding steroid dienone is 3. The number of benzene rings is 2. The number of nitrogens with zero attached hydrogens (tertiary/aromatic N) is 2. The monoisotopic (exact) mass is 500 g/mol. The van der Waals surface area contributed by atoms with E-state index in [9.17, 15) is 9.59 Å². The molecular formula is C30H32N2O3S. The van der Waals surface area contributed by atoms with Crippen LogP contribution in [0.4, 0.5) is 5.69 Å². The Morgan fingerprint density at radius 3 is 2.58 bits per heavy atom. The standard InChI is InChI=1S/C25H26N2S.C5H6O3/c1-19-5-7-21-8-6-20(18-22(21)17-19)9-11-26-12-14-27(15-13-26)24-3-2-4-25-23(24)10-16-28-25;1-4(6)2-3-5(7)8/h2-8,10,16,18H,1,9,11-15,17H2;2-3H,1H3,(H,7,8)/b;3-2-. The van der Waals surface area contributed by atoms with Crippen LogP contribution in [0.3, 0.4) is 0 Å². The molecule has 1 fully saturated rings. The molecule has 0 atom stereocenters. The van der Waals surface area contributed by atoms with Crippen LogP contribution in [-0.4, -0.2) is 54.5 Å². The highest BCUT2D eigenvalue weighted by atomic mass is 32.1. The fourth-order valence-electron chi connectivity index (χ4n) is 4.58. The Hall–Kier alpha value is -3.48. The summed E-state index contributed by atoms with van der Waals surface area (Å²) in [5.74, 6) is -1.35. The Morgan fingerprint density at radius 1 is 1.06 bits per heavy atom. The lowest BCUT2D eigenvalue weighted by molar-refractivity contribution is -0.131. The van der Waals surface area contributed by atoms with Crippen LogP contribution in [-0.2, 0) is 22.4 Å². The molecule has 0 spiro atoms. The molecule has 0 unspecified atom stereocenters. The summed E-state index contributed by atoms with van der Waals surface area (Å²) in [6.07, 6.45) is 8.26. The predicted molar refractivity (Wildman–Crippen MR) is 150 cm³/mol. The zero-order valence-corrected chi connectivity index (χ0v) is 21.5. The number of carbonyl (C=O) groups excluding carboxylic acids is 1. The van der Waals surface area contributed by atoms with Crippen LogP contribution in [0.5, 0.6) is 0 Å². The van der Waals surface area contributed by atoms with E-state index in [0.29, 0.717) is 0 Å². The SMILES string of the molecule is C=C1C=Cc2ccc(CCN3CCN(c4cccc5sccc45)CC3)cc2C1.CC(=O)/C=C\C(=O)O. The van der Waals surface area contributed by atoms with Crippen LogP contribution in [0.15, 0.2) is 78.2 Å². The molecule has 186 valence electrons. The molecule has 0 saturated carbocycles. The Balaban J connectivity index is 0.000000331. The van der Waals surface area contributed by atoms with Gasteiger partial charge in [0.05, 0.1) is 0 Å². The van der Waals surface area contributed by atoms with Crippen LogP contribution in [0.1, 0.15) is 23.6 Å². The number of carbonyl (C=O) groups is 2. The zero-order valence-electron chi connectivity index (χ0n) is 20.7. The topological polar surface area (TPSA) is 60.9 Å². The van der Waals surface area contributed by atoms with Gasteiger partial charge in [0.15, 0.2) is 5.78 Å². The number of anilines is 1. The summed E-state index contributed by atoms with van der Waals surface area (Å²) in [4.78, 5) is 24.8. The maximum atomic E-state index is 10.00. The number of piperazine rings is 1. The number of aliphatic carboxylic acids is 1. The van der Waals surface area contributed by atoms with E-state index in [1.807, 2.05) is 11.3 Å². The van der Waals surface area contributed by atoms with Gasteiger partial charge in [-0.15, -0.1) is 11.3 Å². The van der Waals surface area contributed by atoms with Crippen LogP contribution >= 0.6 is 11.3 Å². The summed E-state index contributed by atoms with van der Waals surface area (Å²) >= 11 is 1.83. The Bertz CT molecular complexity index is 1300. The first-order chi connectivity index (χ1) is 17.4. The molecule has 36 heavy (non-hydrogen) atoms. The first-order valence-corrected chi connectivity index (χ1v) is 13.1. The van der Waals surface area contributed by atoms with E-state index < -0.39 is 5.97 Å². The largest absolute Gasteiger partial charge is 0.478 e. The second-order valence-corrected chi connectivity index (χ2v) is 10.1. The second kappa shape index (κ2) is 12.0. The first kappa shape index (κ1) is 25.6. The molecule has 1 saturated heterocycles. The van der Waals surface area contributed by atoms with Crippen molar-refractivity contribution in [2.45, 2.75) is 19.8 Å². The third kappa shape index (κ3) is 6.80. The van der Waals surface area contributed by atoms with Crippen molar-refractivity contribution in [3.05, 3.63) is 94.9 Å². The van der Waals surface area contributed by atoms with E-state index in [4.69, 9.17) is 5.11 Å². The summed E-state index contributed by atoms with van der Waals surface area (Å²) in [5, 5.41) is 11.5. The minimum atomic E-state index is -1.10. The molecule has 2 aromatic carbocycles. The van der Waals surface area contributed by atoms with Gasteiger partial charge in [0.1, 0.15) is 0 Å². The van der Waals surface area contributed by atoms with Gasteiger partial charge in [-0.2, -0.15) is 0 Å². The van der Waals surface area contributed by atoms with E-state index in [1.165, 1.54) is 45.0 Å². The Morgan fingerprint density at radius 2 is 1.86 bits per heavy atom. The first-order valence-electron chi connectivity index (χ1n) is 12.2. The van der Waals surface area contributed by atoms with Gasteiger partial charge >= 0.3 is 5.97 Å². The van der Waals surface area contributed by atoms with E-state index in [2.05, 4.69) is 76.4 Å². The van der Waals surface area contributed by atoms with Crippen molar-refractivity contribution >= 4 is 44.9 Å². The molecule has 1 aromatic heterocycles. The van der Waals surface area contributed by atoms with Crippen molar-refractivity contribution in [2.75, 3.05) is 37.6 Å². The number of rotatable bonds is 6. The Kier molecular flexibility index (Phi) is 8.52. The predicted octanol–water partition coefficient (Wildman–Crippen LogP) is 5.61. The molecule has 5 rings (SSSR count). The quantitative estimate of drug-likeness (QED) is 0.446. The van der Waals surface area contributed by atoms with Crippen molar-refractivity contribution in [1.82, 2.24) is 4.90 Å². The van der Waals surface area contributed by atoms with Crippen molar-refractivity contribution in [2.24, 2.45) is 0 Å². The fourth-order valence-corrected chi connectivity index (χ4v) is 5.39. The van der Waals surface area contributed by atoms with Crippen LogP contribution < -0.4 is 4.90 Å². The third-order valence-electron chi connectivity index (χ3n) is 6.49.